The van der Waals surface area contributed by atoms with Crippen LogP contribution in [0.4, 0.5) is 0 Å². The Kier molecular flexibility index (Phi) is 5.07. The van der Waals surface area contributed by atoms with E-state index in [1.807, 2.05) is 0 Å². The van der Waals surface area contributed by atoms with Crippen LogP contribution < -0.4 is 4.74 Å². The van der Waals surface area contributed by atoms with Crippen LogP contribution in [0.25, 0.3) is 0 Å². The maximum Gasteiger partial charge on any atom is 0.310 e. The number of benzene rings is 1. The molecule has 1 heterocycles. The van der Waals surface area contributed by atoms with Gasteiger partial charge in [0.05, 0.1) is 5.92 Å². The molecule has 5 heteroatoms. The summed E-state index contributed by atoms with van der Waals surface area (Å²) >= 11 is 0. The Bertz CT molecular complexity index is 472. The first-order valence-electron chi connectivity index (χ1n) is 7.36. The normalized spacial score (nSPS) is 20.6. The summed E-state index contributed by atoms with van der Waals surface area (Å²) in [6.07, 6.45) is 0.897. The van der Waals surface area contributed by atoms with Crippen LogP contribution >= 0.6 is 0 Å². The predicted molar refractivity (Wildman–Crippen MR) is 79.5 cm³/mol. The van der Waals surface area contributed by atoms with Crippen LogP contribution in [0.1, 0.15) is 20.3 Å². The van der Waals surface area contributed by atoms with Gasteiger partial charge in [-0.25, -0.2) is 0 Å². The molecule has 0 radical (unpaired) electrons. The molecule has 5 nitrogen and oxygen atoms in total. The van der Waals surface area contributed by atoms with Gasteiger partial charge in [-0.3, -0.25) is 4.79 Å². The summed E-state index contributed by atoms with van der Waals surface area (Å²) in [4.78, 5) is 13.8. The number of carboxylic acids is 1. The number of ether oxygens (including phenoxy) is 1. The summed E-state index contributed by atoms with van der Waals surface area (Å²) < 4.78 is 5.58. The van der Waals surface area contributed by atoms with Crippen LogP contribution in [0.5, 0.6) is 11.5 Å². The molecule has 1 aliphatic heterocycles. The summed E-state index contributed by atoms with van der Waals surface area (Å²) in [7, 11) is 0. The monoisotopic (exact) mass is 293 g/mol. The average Bonchev–Trinajstić information content (AvgIpc) is 2.90. The number of aliphatic carboxylic acids is 1. The Morgan fingerprint density at radius 1 is 1.38 bits per heavy atom. The van der Waals surface area contributed by atoms with Gasteiger partial charge in [0.25, 0.3) is 0 Å². The molecule has 0 aliphatic carbocycles. The molecule has 0 aromatic heterocycles. The van der Waals surface area contributed by atoms with Gasteiger partial charge in [0.2, 0.25) is 0 Å². The molecule has 0 saturated carbocycles. The zero-order valence-electron chi connectivity index (χ0n) is 12.5. The Morgan fingerprint density at radius 2 is 2.05 bits per heavy atom. The number of aromatic hydroxyl groups is 1. The third-order valence-electron chi connectivity index (χ3n) is 4.14. The van der Waals surface area contributed by atoms with Gasteiger partial charge in [-0.15, -0.1) is 0 Å². The molecule has 1 aromatic carbocycles. The van der Waals surface area contributed by atoms with Crippen LogP contribution in [-0.2, 0) is 4.79 Å². The van der Waals surface area contributed by atoms with E-state index in [0.29, 0.717) is 11.8 Å². The maximum atomic E-state index is 11.5. The fraction of sp³-hybridized carbons (Fsp3) is 0.562. The highest BCUT2D eigenvalue weighted by molar-refractivity contribution is 5.70. The van der Waals surface area contributed by atoms with E-state index in [9.17, 15) is 15.0 Å². The molecule has 1 fully saturated rings. The van der Waals surface area contributed by atoms with Crippen molar-refractivity contribution in [2.75, 3.05) is 19.7 Å². The SMILES string of the molecule is CC(C)N1CCC(C(COc2ccc(O)cc2)C(=O)O)C1. The van der Waals surface area contributed by atoms with Crippen LogP contribution in [-0.4, -0.2) is 46.8 Å². The van der Waals surface area contributed by atoms with E-state index in [0.717, 1.165) is 19.5 Å². The standard InChI is InChI=1S/C16H23NO4/c1-11(2)17-8-7-12(9-17)15(16(19)20)10-21-14-5-3-13(18)4-6-14/h3-6,11-12,15,18H,7-10H2,1-2H3,(H,19,20). The minimum atomic E-state index is -0.801. The highest BCUT2D eigenvalue weighted by Crippen LogP contribution is 2.27. The molecule has 116 valence electrons. The van der Waals surface area contributed by atoms with E-state index in [1.54, 1.807) is 12.1 Å². The topological polar surface area (TPSA) is 70.0 Å². The van der Waals surface area contributed by atoms with Crippen LogP contribution in [0.15, 0.2) is 24.3 Å². The number of rotatable bonds is 6. The minimum Gasteiger partial charge on any atom is -0.508 e. The van der Waals surface area contributed by atoms with Crippen molar-refractivity contribution in [2.45, 2.75) is 26.3 Å². The van der Waals surface area contributed by atoms with E-state index in [-0.39, 0.29) is 18.3 Å². The summed E-state index contributed by atoms with van der Waals surface area (Å²) in [5.74, 6) is -0.424. The third-order valence-corrected chi connectivity index (χ3v) is 4.14. The number of nitrogens with zero attached hydrogens (tertiary/aromatic N) is 1. The molecule has 1 aromatic rings. The predicted octanol–water partition coefficient (Wildman–Crippen LogP) is 2.20. The van der Waals surface area contributed by atoms with Gasteiger partial charge in [-0.1, -0.05) is 0 Å². The van der Waals surface area contributed by atoms with Gasteiger partial charge in [-0.2, -0.15) is 0 Å². The highest BCUT2D eigenvalue weighted by Gasteiger charge is 2.35. The number of likely N-dealkylation sites (tertiary alicyclic amines) is 1. The Morgan fingerprint density at radius 3 is 2.57 bits per heavy atom. The number of phenolic OH excluding ortho intramolecular Hbond substituents is 1. The second-order valence-electron chi connectivity index (χ2n) is 5.89. The molecule has 2 N–H and O–H groups in total. The number of carboxylic acid groups (broad SMARTS) is 1. The average molecular weight is 293 g/mol. The summed E-state index contributed by atoms with van der Waals surface area (Å²) in [6.45, 7) is 6.19. The lowest BCUT2D eigenvalue weighted by molar-refractivity contribution is -0.144. The molecule has 1 saturated heterocycles. The lowest BCUT2D eigenvalue weighted by Crippen LogP contribution is -2.33. The van der Waals surface area contributed by atoms with Gasteiger partial charge >= 0.3 is 5.97 Å². The Balaban J connectivity index is 1.94. The van der Waals surface area contributed by atoms with Gasteiger partial charge in [0, 0.05) is 12.6 Å². The molecule has 21 heavy (non-hydrogen) atoms. The largest absolute Gasteiger partial charge is 0.508 e. The Hall–Kier alpha value is -1.75. The first kappa shape index (κ1) is 15.6. The van der Waals surface area contributed by atoms with Gasteiger partial charge < -0.3 is 19.8 Å². The summed E-state index contributed by atoms with van der Waals surface area (Å²) in [5.41, 5.74) is 0. The molecule has 2 unspecified atom stereocenters. The zero-order valence-corrected chi connectivity index (χ0v) is 12.5. The van der Waals surface area contributed by atoms with Crippen molar-refractivity contribution in [3.63, 3.8) is 0 Å². The quantitative estimate of drug-likeness (QED) is 0.841. The number of hydrogen-bond donors (Lipinski definition) is 2. The van der Waals surface area contributed by atoms with E-state index < -0.39 is 11.9 Å². The van der Waals surface area contributed by atoms with Gasteiger partial charge in [-0.05, 0) is 57.0 Å². The molecule has 1 aliphatic rings. The highest BCUT2D eigenvalue weighted by atomic mass is 16.5. The first-order chi connectivity index (χ1) is 9.97. The third kappa shape index (κ3) is 4.11. The smallest absolute Gasteiger partial charge is 0.310 e. The molecule has 2 rings (SSSR count). The Labute approximate surface area is 125 Å². The molecule has 2 atom stereocenters. The number of hydrogen-bond acceptors (Lipinski definition) is 4. The van der Waals surface area contributed by atoms with Crippen molar-refractivity contribution < 1.29 is 19.7 Å². The molecular weight excluding hydrogens is 270 g/mol. The molecule has 0 spiro atoms. The lowest BCUT2D eigenvalue weighted by atomic mass is 9.92. The first-order valence-corrected chi connectivity index (χ1v) is 7.36. The van der Waals surface area contributed by atoms with Gasteiger partial charge in [0.1, 0.15) is 18.1 Å². The minimum absolute atomic E-state index is 0.127. The van der Waals surface area contributed by atoms with Crippen molar-refractivity contribution in [2.24, 2.45) is 11.8 Å². The zero-order chi connectivity index (χ0) is 15.4. The maximum absolute atomic E-state index is 11.5. The van der Waals surface area contributed by atoms with E-state index in [4.69, 9.17) is 4.74 Å². The van der Waals surface area contributed by atoms with E-state index >= 15 is 0 Å². The fourth-order valence-corrected chi connectivity index (χ4v) is 2.75. The van der Waals surface area contributed by atoms with E-state index in [2.05, 4.69) is 18.7 Å². The summed E-state index contributed by atoms with van der Waals surface area (Å²) in [5, 5.41) is 18.7. The summed E-state index contributed by atoms with van der Waals surface area (Å²) in [6, 6.07) is 6.79. The van der Waals surface area contributed by atoms with Crippen molar-refractivity contribution in [1.29, 1.82) is 0 Å². The molecular formula is C16H23NO4. The lowest BCUT2D eigenvalue weighted by Gasteiger charge is -2.23. The van der Waals surface area contributed by atoms with Crippen molar-refractivity contribution in [3.05, 3.63) is 24.3 Å². The van der Waals surface area contributed by atoms with Gasteiger partial charge in [0.15, 0.2) is 0 Å². The van der Waals surface area contributed by atoms with E-state index in [1.165, 1.54) is 12.1 Å². The molecule has 0 bridgehead atoms. The van der Waals surface area contributed by atoms with Crippen LogP contribution in [0, 0.1) is 11.8 Å². The van der Waals surface area contributed by atoms with Crippen LogP contribution in [0.2, 0.25) is 0 Å². The fourth-order valence-electron chi connectivity index (χ4n) is 2.75. The molecule has 0 amide bonds. The second kappa shape index (κ2) is 6.80. The number of phenols is 1. The number of carbonyl (C=O) groups is 1. The van der Waals surface area contributed by atoms with Crippen LogP contribution in [0.3, 0.4) is 0 Å². The van der Waals surface area contributed by atoms with Crippen molar-refractivity contribution in [3.8, 4) is 11.5 Å². The second-order valence-corrected chi connectivity index (χ2v) is 5.89. The van der Waals surface area contributed by atoms with Crippen molar-refractivity contribution >= 4 is 5.97 Å². The van der Waals surface area contributed by atoms with Crippen molar-refractivity contribution in [1.82, 2.24) is 4.90 Å².